The Morgan fingerprint density at radius 3 is 2.68 bits per heavy atom. The van der Waals surface area contributed by atoms with E-state index in [0.29, 0.717) is 19.1 Å². The first-order valence-corrected chi connectivity index (χ1v) is 9.17. The average molecular weight is 349 g/mol. The monoisotopic (exact) mass is 349 g/mol. The quantitative estimate of drug-likeness (QED) is 0.529. The zero-order valence-corrected chi connectivity index (χ0v) is 15.6. The van der Waals surface area contributed by atoms with Gasteiger partial charge in [0.15, 0.2) is 17.5 Å². The van der Waals surface area contributed by atoms with Crippen molar-refractivity contribution in [3.63, 3.8) is 0 Å². The SMILES string of the molecule is CCOc1ccc(CCNC(=NC)NCC2CCOC2)cc1OCC. The highest BCUT2D eigenvalue weighted by atomic mass is 16.5. The van der Waals surface area contributed by atoms with E-state index in [-0.39, 0.29) is 0 Å². The molecule has 6 heteroatoms. The molecule has 1 heterocycles. The number of ether oxygens (including phenoxy) is 3. The lowest BCUT2D eigenvalue weighted by Crippen LogP contribution is -2.40. The zero-order valence-electron chi connectivity index (χ0n) is 15.6. The van der Waals surface area contributed by atoms with Gasteiger partial charge in [0.05, 0.1) is 19.8 Å². The van der Waals surface area contributed by atoms with Gasteiger partial charge >= 0.3 is 0 Å². The Morgan fingerprint density at radius 2 is 2.00 bits per heavy atom. The first kappa shape index (κ1) is 19.4. The lowest BCUT2D eigenvalue weighted by molar-refractivity contribution is 0.186. The van der Waals surface area contributed by atoms with Gasteiger partial charge < -0.3 is 24.8 Å². The van der Waals surface area contributed by atoms with Crippen molar-refractivity contribution < 1.29 is 14.2 Å². The molecule has 25 heavy (non-hydrogen) atoms. The van der Waals surface area contributed by atoms with E-state index in [9.17, 15) is 0 Å². The number of hydrogen-bond acceptors (Lipinski definition) is 4. The number of hydrogen-bond donors (Lipinski definition) is 2. The molecule has 6 nitrogen and oxygen atoms in total. The molecule has 1 aromatic rings. The van der Waals surface area contributed by atoms with Gasteiger partial charge in [-0.2, -0.15) is 0 Å². The van der Waals surface area contributed by atoms with Crippen LogP contribution in [0.2, 0.25) is 0 Å². The van der Waals surface area contributed by atoms with Crippen LogP contribution in [0.25, 0.3) is 0 Å². The van der Waals surface area contributed by atoms with Gasteiger partial charge in [0, 0.05) is 32.7 Å². The molecule has 0 saturated carbocycles. The van der Waals surface area contributed by atoms with Crippen molar-refractivity contribution >= 4 is 5.96 Å². The molecule has 0 amide bonds. The highest BCUT2D eigenvalue weighted by Gasteiger charge is 2.15. The van der Waals surface area contributed by atoms with E-state index in [1.165, 1.54) is 5.56 Å². The van der Waals surface area contributed by atoms with E-state index in [0.717, 1.165) is 56.6 Å². The largest absolute Gasteiger partial charge is 0.490 e. The molecule has 2 N–H and O–H groups in total. The second kappa shape index (κ2) is 10.8. The Kier molecular flexibility index (Phi) is 8.39. The summed E-state index contributed by atoms with van der Waals surface area (Å²) in [6, 6.07) is 6.13. The summed E-state index contributed by atoms with van der Waals surface area (Å²) < 4.78 is 16.7. The number of nitrogens with zero attached hydrogens (tertiary/aromatic N) is 1. The standard InChI is InChI=1S/C19H31N3O3/c1-4-24-17-7-6-15(12-18(17)25-5-2)8-10-21-19(20-3)22-13-16-9-11-23-14-16/h6-7,12,16H,4-5,8-11,13-14H2,1-3H3,(H2,20,21,22). The Morgan fingerprint density at radius 1 is 1.20 bits per heavy atom. The van der Waals surface area contributed by atoms with Crippen molar-refractivity contribution in [2.75, 3.05) is 46.6 Å². The van der Waals surface area contributed by atoms with Crippen LogP contribution >= 0.6 is 0 Å². The molecule has 0 radical (unpaired) electrons. The van der Waals surface area contributed by atoms with Crippen LogP contribution in [-0.4, -0.2) is 52.5 Å². The van der Waals surface area contributed by atoms with Crippen LogP contribution in [0.1, 0.15) is 25.8 Å². The minimum Gasteiger partial charge on any atom is -0.490 e. The van der Waals surface area contributed by atoms with Crippen LogP contribution in [0.5, 0.6) is 11.5 Å². The van der Waals surface area contributed by atoms with Gasteiger partial charge in [-0.15, -0.1) is 0 Å². The van der Waals surface area contributed by atoms with Crippen LogP contribution in [0.4, 0.5) is 0 Å². The summed E-state index contributed by atoms with van der Waals surface area (Å²) in [6.07, 6.45) is 2.01. The Bertz CT molecular complexity index is 543. The summed E-state index contributed by atoms with van der Waals surface area (Å²) in [5.41, 5.74) is 1.21. The molecule has 1 unspecified atom stereocenters. The summed E-state index contributed by atoms with van der Waals surface area (Å²) in [5.74, 6) is 3.03. The Balaban J connectivity index is 1.79. The molecule has 1 aliphatic heterocycles. The topological polar surface area (TPSA) is 64.1 Å². The van der Waals surface area contributed by atoms with Crippen LogP contribution in [0, 0.1) is 5.92 Å². The lowest BCUT2D eigenvalue weighted by Gasteiger charge is -2.15. The molecule has 0 spiro atoms. The average Bonchev–Trinajstić information content (AvgIpc) is 3.14. The normalized spacial score (nSPS) is 17.4. The van der Waals surface area contributed by atoms with E-state index in [1.54, 1.807) is 7.05 Å². The number of aliphatic imine (C=N–C) groups is 1. The number of guanidine groups is 1. The van der Waals surface area contributed by atoms with Crippen LogP contribution < -0.4 is 20.1 Å². The fourth-order valence-electron chi connectivity index (χ4n) is 2.78. The third-order valence-electron chi connectivity index (χ3n) is 4.12. The lowest BCUT2D eigenvalue weighted by atomic mass is 10.1. The molecule has 1 fully saturated rings. The fraction of sp³-hybridized carbons (Fsp3) is 0.632. The van der Waals surface area contributed by atoms with E-state index in [2.05, 4.69) is 27.8 Å². The van der Waals surface area contributed by atoms with E-state index >= 15 is 0 Å². The minimum absolute atomic E-state index is 0.582. The van der Waals surface area contributed by atoms with Crippen molar-refractivity contribution in [3.8, 4) is 11.5 Å². The van der Waals surface area contributed by atoms with Crippen LogP contribution in [0.15, 0.2) is 23.2 Å². The van der Waals surface area contributed by atoms with Crippen molar-refractivity contribution in [1.82, 2.24) is 10.6 Å². The Hall–Kier alpha value is -1.95. The predicted octanol–water partition coefficient (Wildman–Crippen LogP) is 2.23. The second-order valence-electron chi connectivity index (χ2n) is 6.01. The molecule has 1 atom stereocenters. The van der Waals surface area contributed by atoms with Gasteiger partial charge in [-0.05, 0) is 44.4 Å². The van der Waals surface area contributed by atoms with Crippen LogP contribution in [0.3, 0.4) is 0 Å². The number of rotatable bonds is 9. The predicted molar refractivity (Wildman–Crippen MR) is 101 cm³/mol. The van der Waals surface area contributed by atoms with Crippen molar-refractivity contribution in [2.45, 2.75) is 26.7 Å². The Labute approximate surface area is 151 Å². The van der Waals surface area contributed by atoms with Crippen molar-refractivity contribution in [1.29, 1.82) is 0 Å². The maximum Gasteiger partial charge on any atom is 0.190 e. The molecular formula is C19H31N3O3. The molecule has 0 bridgehead atoms. The van der Waals surface area contributed by atoms with Gasteiger partial charge in [-0.25, -0.2) is 0 Å². The van der Waals surface area contributed by atoms with E-state index < -0.39 is 0 Å². The summed E-state index contributed by atoms with van der Waals surface area (Å²) >= 11 is 0. The minimum atomic E-state index is 0.582. The molecule has 1 aliphatic rings. The third kappa shape index (κ3) is 6.46. The zero-order chi connectivity index (χ0) is 17.9. The highest BCUT2D eigenvalue weighted by Crippen LogP contribution is 2.28. The summed E-state index contributed by atoms with van der Waals surface area (Å²) in [7, 11) is 1.80. The second-order valence-corrected chi connectivity index (χ2v) is 6.01. The van der Waals surface area contributed by atoms with Gasteiger partial charge in [-0.3, -0.25) is 4.99 Å². The first-order chi connectivity index (χ1) is 12.3. The number of benzene rings is 1. The summed E-state index contributed by atoms with van der Waals surface area (Å²) in [6.45, 7) is 8.64. The van der Waals surface area contributed by atoms with E-state index in [1.807, 2.05) is 19.9 Å². The maximum absolute atomic E-state index is 5.68. The van der Waals surface area contributed by atoms with E-state index in [4.69, 9.17) is 14.2 Å². The molecule has 1 aromatic carbocycles. The third-order valence-corrected chi connectivity index (χ3v) is 4.12. The van der Waals surface area contributed by atoms with Crippen molar-refractivity contribution in [2.24, 2.45) is 10.9 Å². The smallest absolute Gasteiger partial charge is 0.190 e. The van der Waals surface area contributed by atoms with Gasteiger partial charge in [0.2, 0.25) is 0 Å². The molecule has 0 aliphatic carbocycles. The highest BCUT2D eigenvalue weighted by molar-refractivity contribution is 5.79. The first-order valence-electron chi connectivity index (χ1n) is 9.17. The van der Waals surface area contributed by atoms with Gasteiger partial charge in [0.1, 0.15) is 0 Å². The molecular weight excluding hydrogens is 318 g/mol. The molecule has 1 saturated heterocycles. The molecule has 140 valence electrons. The molecule has 2 rings (SSSR count). The van der Waals surface area contributed by atoms with Gasteiger partial charge in [0.25, 0.3) is 0 Å². The summed E-state index contributed by atoms with van der Waals surface area (Å²) in [4.78, 5) is 4.27. The summed E-state index contributed by atoms with van der Waals surface area (Å²) in [5, 5.41) is 6.73. The fourth-order valence-corrected chi connectivity index (χ4v) is 2.78. The number of nitrogens with one attached hydrogen (secondary N) is 2. The molecule has 0 aromatic heterocycles. The van der Waals surface area contributed by atoms with Gasteiger partial charge in [-0.1, -0.05) is 6.07 Å². The van der Waals surface area contributed by atoms with Crippen molar-refractivity contribution in [3.05, 3.63) is 23.8 Å². The van der Waals surface area contributed by atoms with Crippen LogP contribution in [-0.2, 0) is 11.2 Å². The maximum atomic E-state index is 5.68.